The van der Waals surface area contributed by atoms with Crippen LogP contribution in [0.2, 0.25) is 0 Å². The highest BCUT2D eigenvalue weighted by Gasteiger charge is 2.20. The number of nitro groups is 2. The molecule has 1 rings (SSSR count). The molecule has 8 nitrogen and oxygen atoms in total. The van der Waals surface area contributed by atoms with Crippen molar-refractivity contribution in [3.63, 3.8) is 0 Å². The van der Waals surface area contributed by atoms with E-state index in [0.717, 1.165) is 31.0 Å². The predicted molar refractivity (Wildman–Crippen MR) is 77.3 cm³/mol. The molecule has 0 fully saturated rings. The number of non-ortho nitro benzene ring substituents is 2. The zero-order chi connectivity index (χ0) is 16.5. The molecule has 0 atom stereocenters. The monoisotopic (exact) mass is 306 g/mol. The number of rotatable bonds is 8. The van der Waals surface area contributed by atoms with E-state index in [1.807, 2.05) is 0 Å². The first-order valence-corrected chi connectivity index (χ1v) is 6.50. The van der Waals surface area contributed by atoms with E-state index in [1.54, 1.807) is 0 Å². The maximum Gasteiger partial charge on any atom is 0.338 e. The lowest BCUT2D eigenvalue weighted by Gasteiger charge is -2.04. The lowest BCUT2D eigenvalue weighted by molar-refractivity contribution is -0.394. The van der Waals surface area contributed by atoms with Crippen molar-refractivity contribution in [1.82, 2.24) is 0 Å². The van der Waals surface area contributed by atoms with E-state index in [9.17, 15) is 25.0 Å². The van der Waals surface area contributed by atoms with Crippen LogP contribution in [0.5, 0.6) is 0 Å². The summed E-state index contributed by atoms with van der Waals surface area (Å²) < 4.78 is 4.94. The molecule has 0 heterocycles. The summed E-state index contributed by atoms with van der Waals surface area (Å²) in [5.41, 5.74) is -1.28. The molecule has 0 N–H and O–H groups in total. The number of hydrogen-bond donors (Lipinski definition) is 0. The SMILES string of the molecule is C#CCCCCCOC(=O)c1cc([N+](=O)[O-])cc([N+](=O)[O-])c1. The van der Waals surface area contributed by atoms with E-state index in [0.29, 0.717) is 12.8 Å². The third kappa shape index (κ3) is 5.20. The van der Waals surface area contributed by atoms with Crippen molar-refractivity contribution < 1.29 is 19.4 Å². The minimum atomic E-state index is -0.830. The largest absolute Gasteiger partial charge is 0.462 e. The highest BCUT2D eigenvalue weighted by molar-refractivity contribution is 5.91. The zero-order valence-corrected chi connectivity index (χ0v) is 11.7. The highest BCUT2D eigenvalue weighted by atomic mass is 16.6. The fraction of sp³-hybridized carbons (Fsp3) is 0.357. The van der Waals surface area contributed by atoms with Gasteiger partial charge in [0.25, 0.3) is 11.4 Å². The van der Waals surface area contributed by atoms with E-state index in [1.165, 1.54) is 0 Å². The van der Waals surface area contributed by atoms with Crippen molar-refractivity contribution in [3.8, 4) is 12.3 Å². The van der Waals surface area contributed by atoms with Gasteiger partial charge in [0.15, 0.2) is 0 Å². The maximum absolute atomic E-state index is 11.8. The quantitative estimate of drug-likeness (QED) is 0.240. The molecule has 0 aliphatic carbocycles. The fourth-order valence-corrected chi connectivity index (χ4v) is 1.68. The van der Waals surface area contributed by atoms with Crippen molar-refractivity contribution in [2.24, 2.45) is 0 Å². The van der Waals surface area contributed by atoms with Crippen LogP contribution in [0.4, 0.5) is 11.4 Å². The Morgan fingerprint density at radius 1 is 1.09 bits per heavy atom. The minimum absolute atomic E-state index is 0.125. The Morgan fingerprint density at radius 2 is 1.68 bits per heavy atom. The van der Waals surface area contributed by atoms with Gasteiger partial charge in [-0.3, -0.25) is 20.2 Å². The van der Waals surface area contributed by atoms with Crippen molar-refractivity contribution in [2.75, 3.05) is 6.61 Å². The Bertz CT molecular complexity index is 588. The van der Waals surface area contributed by atoms with Gasteiger partial charge in [-0.05, 0) is 19.3 Å². The van der Waals surface area contributed by atoms with Crippen molar-refractivity contribution >= 4 is 17.3 Å². The number of benzene rings is 1. The first-order chi connectivity index (χ1) is 10.5. The number of carbonyl (C=O) groups excluding carboxylic acids is 1. The number of nitrogens with zero attached hydrogens (tertiary/aromatic N) is 2. The smallest absolute Gasteiger partial charge is 0.338 e. The van der Waals surface area contributed by atoms with Crippen molar-refractivity contribution in [1.29, 1.82) is 0 Å². The normalized spacial score (nSPS) is 9.77. The summed E-state index contributed by atoms with van der Waals surface area (Å²) in [4.78, 5) is 31.6. The van der Waals surface area contributed by atoms with Crippen LogP contribution in [0.1, 0.15) is 36.0 Å². The third-order valence-electron chi connectivity index (χ3n) is 2.76. The number of terminal acetylenes is 1. The molecule has 1 aromatic carbocycles. The van der Waals surface area contributed by atoms with Gasteiger partial charge in [-0.15, -0.1) is 12.3 Å². The van der Waals surface area contributed by atoms with Gasteiger partial charge in [-0.2, -0.15) is 0 Å². The average Bonchev–Trinajstić information content (AvgIpc) is 2.49. The van der Waals surface area contributed by atoms with Crippen molar-refractivity contribution in [2.45, 2.75) is 25.7 Å². The summed E-state index contributed by atoms with van der Waals surface area (Å²) in [7, 11) is 0. The molecular weight excluding hydrogens is 292 g/mol. The van der Waals surface area contributed by atoms with Crippen LogP contribution in [0, 0.1) is 32.6 Å². The van der Waals surface area contributed by atoms with Crippen LogP contribution in [0.15, 0.2) is 18.2 Å². The fourth-order valence-electron chi connectivity index (χ4n) is 1.68. The highest BCUT2D eigenvalue weighted by Crippen LogP contribution is 2.23. The zero-order valence-electron chi connectivity index (χ0n) is 11.7. The molecule has 0 saturated heterocycles. The minimum Gasteiger partial charge on any atom is -0.462 e. The van der Waals surface area contributed by atoms with Gasteiger partial charge in [-0.25, -0.2) is 4.79 Å². The number of esters is 1. The van der Waals surface area contributed by atoms with Crippen LogP contribution < -0.4 is 0 Å². The van der Waals surface area contributed by atoms with Gasteiger partial charge >= 0.3 is 5.97 Å². The Balaban J connectivity index is 2.70. The Hall–Kier alpha value is -2.95. The summed E-state index contributed by atoms with van der Waals surface area (Å²) in [6, 6.07) is 2.69. The molecule has 0 spiro atoms. The third-order valence-corrected chi connectivity index (χ3v) is 2.76. The molecule has 0 aliphatic rings. The van der Waals surface area contributed by atoms with Gasteiger partial charge in [0.05, 0.1) is 28.1 Å². The van der Waals surface area contributed by atoms with E-state index in [-0.39, 0.29) is 12.2 Å². The van der Waals surface area contributed by atoms with Crippen LogP contribution in [0.3, 0.4) is 0 Å². The molecule has 116 valence electrons. The van der Waals surface area contributed by atoms with Gasteiger partial charge in [0, 0.05) is 18.6 Å². The van der Waals surface area contributed by atoms with E-state index >= 15 is 0 Å². The average molecular weight is 306 g/mol. The van der Waals surface area contributed by atoms with Gasteiger partial charge in [-0.1, -0.05) is 0 Å². The Kier molecular flexibility index (Phi) is 6.50. The summed E-state index contributed by atoms with van der Waals surface area (Å²) in [6.45, 7) is 0.125. The first kappa shape index (κ1) is 17.1. The van der Waals surface area contributed by atoms with E-state index < -0.39 is 27.2 Å². The lowest BCUT2D eigenvalue weighted by Crippen LogP contribution is -2.08. The molecule has 0 bridgehead atoms. The molecular formula is C14H14N2O6. The van der Waals surface area contributed by atoms with E-state index in [2.05, 4.69) is 5.92 Å². The molecule has 0 aromatic heterocycles. The molecule has 1 aromatic rings. The number of hydrogen-bond acceptors (Lipinski definition) is 6. The number of carbonyl (C=O) groups is 1. The van der Waals surface area contributed by atoms with Crippen molar-refractivity contribution in [3.05, 3.63) is 44.0 Å². The van der Waals surface area contributed by atoms with Crippen LogP contribution in [-0.2, 0) is 4.74 Å². The number of nitro benzene ring substituents is 2. The summed E-state index contributed by atoms with van der Waals surface area (Å²) in [5.74, 6) is 1.66. The second-order valence-electron chi connectivity index (χ2n) is 4.40. The second kappa shape index (κ2) is 8.36. The van der Waals surface area contributed by atoms with Crippen LogP contribution >= 0.6 is 0 Å². The Labute approximate surface area is 126 Å². The van der Waals surface area contributed by atoms with Gasteiger partial charge < -0.3 is 4.74 Å². The standard InChI is InChI=1S/C14H14N2O6/c1-2-3-4-5-6-7-22-14(17)11-8-12(15(18)19)10-13(9-11)16(20)21/h1,8-10H,3-7H2. The molecule has 0 radical (unpaired) electrons. The molecule has 22 heavy (non-hydrogen) atoms. The van der Waals surface area contributed by atoms with E-state index in [4.69, 9.17) is 11.2 Å². The molecule has 0 unspecified atom stereocenters. The number of unbranched alkanes of at least 4 members (excludes halogenated alkanes) is 3. The summed E-state index contributed by atoms with van der Waals surface area (Å²) in [6.07, 6.45) is 7.94. The summed E-state index contributed by atoms with van der Waals surface area (Å²) >= 11 is 0. The van der Waals surface area contributed by atoms with Crippen LogP contribution in [-0.4, -0.2) is 22.4 Å². The second-order valence-corrected chi connectivity index (χ2v) is 4.40. The Morgan fingerprint density at radius 3 is 2.18 bits per heavy atom. The van der Waals surface area contributed by atoms with Gasteiger partial charge in [0.2, 0.25) is 0 Å². The topological polar surface area (TPSA) is 113 Å². The number of ether oxygens (including phenoxy) is 1. The predicted octanol–water partition coefficient (Wildman–Crippen LogP) is 2.85. The molecule has 0 saturated carbocycles. The van der Waals surface area contributed by atoms with Crippen LogP contribution in [0.25, 0.3) is 0 Å². The van der Waals surface area contributed by atoms with Gasteiger partial charge in [0.1, 0.15) is 0 Å². The molecule has 0 amide bonds. The maximum atomic E-state index is 11.8. The lowest BCUT2D eigenvalue weighted by atomic mass is 10.1. The first-order valence-electron chi connectivity index (χ1n) is 6.50. The molecule has 0 aliphatic heterocycles. The molecule has 8 heteroatoms. The summed E-state index contributed by atoms with van der Waals surface area (Å²) in [5, 5.41) is 21.5.